The average Bonchev–Trinajstić information content (AvgIpc) is 2.46. The molecule has 2 bridgehead atoms. The van der Waals surface area contributed by atoms with Crippen LogP contribution in [0.2, 0.25) is 0 Å². The molecule has 20 heavy (non-hydrogen) atoms. The number of carbonyl (C=O) groups is 1. The van der Waals surface area contributed by atoms with Crippen molar-refractivity contribution in [1.82, 2.24) is 9.47 Å². The van der Waals surface area contributed by atoms with Crippen LogP contribution in [0.1, 0.15) is 30.9 Å². The quantitative estimate of drug-likeness (QED) is 0.875. The van der Waals surface area contributed by atoms with Crippen molar-refractivity contribution in [2.75, 3.05) is 19.6 Å². The Hall–Kier alpha value is -1.62. The molecule has 1 fully saturated rings. The predicted octanol–water partition coefficient (Wildman–Crippen LogP) is 0.533. The van der Waals surface area contributed by atoms with E-state index in [1.807, 2.05) is 21.6 Å². The van der Waals surface area contributed by atoms with E-state index < -0.39 is 0 Å². The number of hydrogen-bond donors (Lipinski definition) is 1. The lowest BCUT2D eigenvalue weighted by Crippen LogP contribution is -2.49. The lowest BCUT2D eigenvalue weighted by Gasteiger charge is -2.42. The molecule has 0 aromatic carbocycles. The second kappa shape index (κ2) is 5.40. The molecule has 2 atom stereocenters. The van der Waals surface area contributed by atoms with E-state index in [0.29, 0.717) is 24.8 Å². The number of hydrogen-bond acceptors (Lipinski definition) is 3. The van der Waals surface area contributed by atoms with Gasteiger partial charge in [-0.25, -0.2) is 0 Å². The van der Waals surface area contributed by atoms with Crippen LogP contribution < -0.4 is 11.3 Å². The summed E-state index contributed by atoms with van der Waals surface area (Å²) in [6.45, 7) is 2.82. The number of aromatic nitrogens is 1. The summed E-state index contributed by atoms with van der Waals surface area (Å²) in [7, 11) is 0. The summed E-state index contributed by atoms with van der Waals surface area (Å²) in [4.78, 5) is 26.1. The van der Waals surface area contributed by atoms with Crippen molar-refractivity contribution < 1.29 is 4.79 Å². The minimum atomic E-state index is 0.0834. The average molecular weight is 275 g/mol. The van der Waals surface area contributed by atoms with Crippen LogP contribution in [0, 0.1) is 5.92 Å². The molecule has 3 heterocycles. The Morgan fingerprint density at radius 3 is 2.95 bits per heavy atom. The van der Waals surface area contributed by atoms with Crippen molar-refractivity contribution >= 4 is 5.91 Å². The summed E-state index contributed by atoms with van der Waals surface area (Å²) in [5, 5.41) is 0. The molecule has 1 saturated heterocycles. The van der Waals surface area contributed by atoms with Gasteiger partial charge in [0, 0.05) is 43.7 Å². The van der Waals surface area contributed by atoms with Crippen LogP contribution in [-0.2, 0) is 11.3 Å². The van der Waals surface area contributed by atoms with Crippen LogP contribution in [0.4, 0.5) is 0 Å². The predicted molar refractivity (Wildman–Crippen MR) is 76.4 cm³/mol. The van der Waals surface area contributed by atoms with E-state index in [4.69, 9.17) is 5.73 Å². The van der Waals surface area contributed by atoms with Crippen LogP contribution in [0.25, 0.3) is 0 Å². The Labute approximate surface area is 118 Å². The van der Waals surface area contributed by atoms with Gasteiger partial charge in [0.15, 0.2) is 0 Å². The van der Waals surface area contributed by atoms with Crippen LogP contribution in [0.3, 0.4) is 0 Å². The third kappa shape index (κ3) is 2.38. The molecule has 1 amide bonds. The first-order chi connectivity index (χ1) is 9.69. The highest BCUT2D eigenvalue weighted by Crippen LogP contribution is 2.35. The van der Waals surface area contributed by atoms with Crippen molar-refractivity contribution in [2.24, 2.45) is 11.7 Å². The van der Waals surface area contributed by atoms with Gasteiger partial charge in [-0.05, 0) is 31.4 Å². The van der Waals surface area contributed by atoms with Crippen LogP contribution >= 0.6 is 0 Å². The first-order valence-electron chi connectivity index (χ1n) is 7.36. The highest BCUT2D eigenvalue weighted by molar-refractivity contribution is 5.76. The molecule has 0 radical (unpaired) electrons. The summed E-state index contributed by atoms with van der Waals surface area (Å²) >= 11 is 0. The van der Waals surface area contributed by atoms with Crippen molar-refractivity contribution in [2.45, 2.75) is 31.7 Å². The molecule has 1 aromatic heterocycles. The molecule has 0 saturated carbocycles. The maximum atomic E-state index is 12.2. The third-order valence-corrected chi connectivity index (χ3v) is 4.43. The number of piperidine rings is 1. The Balaban J connectivity index is 1.80. The fourth-order valence-corrected chi connectivity index (χ4v) is 3.51. The summed E-state index contributed by atoms with van der Waals surface area (Å²) < 4.78 is 1.89. The van der Waals surface area contributed by atoms with Crippen LogP contribution in [-0.4, -0.2) is 35.0 Å². The molecule has 2 aliphatic heterocycles. The molecular formula is C15H21N3O2. The van der Waals surface area contributed by atoms with Crippen molar-refractivity contribution in [3.05, 3.63) is 34.2 Å². The maximum absolute atomic E-state index is 12.2. The van der Waals surface area contributed by atoms with Gasteiger partial charge in [-0.3, -0.25) is 9.59 Å². The van der Waals surface area contributed by atoms with Gasteiger partial charge in [0.05, 0.1) is 0 Å². The van der Waals surface area contributed by atoms with Gasteiger partial charge in [-0.15, -0.1) is 0 Å². The van der Waals surface area contributed by atoms with E-state index in [0.717, 1.165) is 38.2 Å². The number of nitrogens with two attached hydrogens (primary N) is 1. The van der Waals surface area contributed by atoms with Crippen molar-refractivity contribution in [3.8, 4) is 0 Å². The Morgan fingerprint density at radius 2 is 2.15 bits per heavy atom. The molecule has 0 unspecified atom stereocenters. The SMILES string of the molecule is NCCCC(=O)N1C[C@H]2C[C@@H](C1)c1cccc(=O)n1C2. The van der Waals surface area contributed by atoms with E-state index in [2.05, 4.69) is 0 Å². The molecule has 3 rings (SSSR count). The van der Waals surface area contributed by atoms with Gasteiger partial charge < -0.3 is 15.2 Å². The second-order valence-electron chi connectivity index (χ2n) is 5.89. The van der Waals surface area contributed by atoms with Crippen molar-refractivity contribution in [3.63, 3.8) is 0 Å². The summed E-state index contributed by atoms with van der Waals surface area (Å²) in [5.41, 5.74) is 6.64. The number of pyridine rings is 1. The first-order valence-corrected chi connectivity index (χ1v) is 7.36. The standard InChI is InChI=1S/C15H21N3O2/c16-6-2-5-14(19)17-8-11-7-12(10-17)13-3-1-4-15(20)18(13)9-11/h1,3-4,11-12H,2,5-10,16H2/t11-,12+/m1/s1. The number of likely N-dealkylation sites (tertiary alicyclic amines) is 1. The van der Waals surface area contributed by atoms with E-state index >= 15 is 0 Å². The zero-order valence-electron chi connectivity index (χ0n) is 11.6. The molecule has 0 spiro atoms. The van der Waals surface area contributed by atoms with Gasteiger partial charge in [-0.1, -0.05) is 6.07 Å². The highest BCUT2D eigenvalue weighted by Gasteiger charge is 2.35. The minimum Gasteiger partial charge on any atom is -0.342 e. The molecule has 5 heteroatoms. The third-order valence-electron chi connectivity index (χ3n) is 4.43. The summed E-state index contributed by atoms with van der Waals surface area (Å²) in [5.74, 6) is 0.915. The van der Waals surface area contributed by atoms with Crippen molar-refractivity contribution in [1.29, 1.82) is 0 Å². The van der Waals surface area contributed by atoms with Gasteiger partial charge in [0.25, 0.3) is 5.56 Å². The second-order valence-corrected chi connectivity index (χ2v) is 5.89. The smallest absolute Gasteiger partial charge is 0.250 e. The highest BCUT2D eigenvalue weighted by atomic mass is 16.2. The fourth-order valence-electron chi connectivity index (χ4n) is 3.51. The number of fused-ring (bicyclic) bond motifs is 4. The van der Waals surface area contributed by atoms with Gasteiger partial charge in [0.2, 0.25) is 5.91 Å². The number of amides is 1. The van der Waals surface area contributed by atoms with Gasteiger partial charge >= 0.3 is 0 Å². The molecule has 2 aliphatic rings. The summed E-state index contributed by atoms with van der Waals surface area (Å²) in [6.07, 6.45) is 2.38. The van der Waals surface area contributed by atoms with Crippen LogP contribution in [0.15, 0.2) is 23.0 Å². The lowest BCUT2D eigenvalue weighted by atomic mass is 9.83. The van der Waals surface area contributed by atoms with E-state index in [1.165, 1.54) is 0 Å². The number of carbonyl (C=O) groups excluding carboxylic acids is 1. The molecule has 1 aromatic rings. The van der Waals surface area contributed by atoms with Gasteiger partial charge in [0.1, 0.15) is 0 Å². The normalized spacial score (nSPS) is 24.4. The zero-order chi connectivity index (χ0) is 14.1. The molecular weight excluding hydrogens is 254 g/mol. The summed E-state index contributed by atoms with van der Waals surface area (Å²) in [6, 6.07) is 5.47. The largest absolute Gasteiger partial charge is 0.342 e. The van der Waals surface area contributed by atoms with Gasteiger partial charge in [-0.2, -0.15) is 0 Å². The molecule has 5 nitrogen and oxygen atoms in total. The van der Waals surface area contributed by atoms with E-state index in [1.54, 1.807) is 6.07 Å². The maximum Gasteiger partial charge on any atom is 0.250 e. The Morgan fingerprint density at radius 1 is 1.30 bits per heavy atom. The number of rotatable bonds is 3. The first kappa shape index (κ1) is 13.4. The molecule has 2 N–H and O–H groups in total. The van der Waals surface area contributed by atoms with Crippen LogP contribution in [0.5, 0.6) is 0 Å². The zero-order valence-corrected chi connectivity index (χ0v) is 11.6. The fraction of sp³-hybridized carbons (Fsp3) is 0.600. The monoisotopic (exact) mass is 275 g/mol. The molecule has 108 valence electrons. The lowest BCUT2D eigenvalue weighted by molar-refractivity contribution is -0.134. The topological polar surface area (TPSA) is 68.3 Å². The minimum absolute atomic E-state index is 0.0834. The Kier molecular flexibility index (Phi) is 3.61. The number of nitrogens with zero attached hydrogens (tertiary/aromatic N) is 2. The Bertz CT molecular complexity index is 566. The van der Waals surface area contributed by atoms with E-state index in [-0.39, 0.29) is 11.5 Å². The van der Waals surface area contributed by atoms with E-state index in [9.17, 15) is 9.59 Å². The molecule has 0 aliphatic carbocycles.